The zero-order chi connectivity index (χ0) is 24.7. The van der Waals surface area contributed by atoms with Crippen molar-refractivity contribution in [3.8, 4) is 5.69 Å². The Balaban J connectivity index is 2.04. The van der Waals surface area contributed by atoms with Crippen LogP contribution in [0.4, 0.5) is 0 Å². The van der Waals surface area contributed by atoms with E-state index in [9.17, 15) is 14.4 Å². The summed E-state index contributed by atoms with van der Waals surface area (Å²) in [5.74, 6) is -1.03. The Morgan fingerprint density at radius 2 is 1.79 bits per heavy atom. The third kappa shape index (κ3) is 3.99. The topological polar surface area (TPSA) is 79.1 Å². The van der Waals surface area contributed by atoms with E-state index < -0.39 is 17.4 Å². The zero-order valence-electron chi connectivity index (χ0n) is 19.4. The summed E-state index contributed by atoms with van der Waals surface area (Å²) < 4.78 is 2.96. The molecule has 0 unspecified atom stereocenters. The van der Waals surface area contributed by atoms with E-state index in [4.69, 9.17) is 23.2 Å². The second-order valence-corrected chi connectivity index (χ2v) is 9.38. The molecule has 0 atom stereocenters. The highest BCUT2D eigenvalue weighted by atomic mass is 35.5. The van der Waals surface area contributed by atoms with Gasteiger partial charge in [-0.05, 0) is 43.5 Å². The van der Waals surface area contributed by atoms with Crippen LogP contribution in [0.5, 0.6) is 0 Å². The number of imide groups is 1. The van der Waals surface area contributed by atoms with Gasteiger partial charge in [-0.25, -0.2) is 4.68 Å². The summed E-state index contributed by atoms with van der Waals surface area (Å²) in [6.45, 7) is 7.89. The lowest BCUT2D eigenvalue weighted by molar-refractivity contribution is -0.577. The van der Waals surface area contributed by atoms with Crippen molar-refractivity contribution < 1.29 is 14.2 Å². The van der Waals surface area contributed by atoms with Crippen molar-refractivity contribution in [1.82, 2.24) is 14.7 Å². The maximum atomic E-state index is 13.8. The van der Waals surface area contributed by atoms with Crippen molar-refractivity contribution in [2.45, 2.75) is 40.0 Å². The van der Waals surface area contributed by atoms with E-state index in [1.807, 2.05) is 33.8 Å². The first-order valence-corrected chi connectivity index (χ1v) is 11.8. The van der Waals surface area contributed by atoms with Gasteiger partial charge in [0.1, 0.15) is 5.57 Å². The Kier molecular flexibility index (Phi) is 6.51. The average molecular weight is 500 g/mol. The van der Waals surface area contributed by atoms with E-state index in [1.165, 1.54) is 9.58 Å². The van der Waals surface area contributed by atoms with Crippen LogP contribution in [-0.4, -0.2) is 33.0 Å². The van der Waals surface area contributed by atoms with Crippen LogP contribution in [0.2, 0.25) is 10.0 Å². The van der Waals surface area contributed by atoms with Crippen molar-refractivity contribution in [2.75, 3.05) is 6.54 Å². The highest BCUT2D eigenvalue weighted by Crippen LogP contribution is 2.33. The Morgan fingerprint density at radius 1 is 1.06 bits per heavy atom. The first-order valence-electron chi connectivity index (χ1n) is 11.0. The molecule has 7 nitrogen and oxygen atoms in total. The van der Waals surface area contributed by atoms with Crippen LogP contribution in [0.25, 0.3) is 17.0 Å². The smallest absolute Gasteiger partial charge is 0.294 e. The van der Waals surface area contributed by atoms with Crippen molar-refractivity contribution in [3.05, 3.63) is 79.9 Å². The van der Waals surface area contributed by atoms with Gasteiger partial charge >= 0.3 is 5.91 Å². The van der Waals surface area contributed by atoms with Gasteiger partial charge < -0.3 is 0 Å². The number of nitrogens with zero attached hydrogens (tertiary/aromatic N) is 3. The summed E-state index contributed by atoms with van der Waals surface area (Å²) in [5, 5.41) is 3.79. The molecule has 0 aliphatic carbocycles. The lowest BCUT2D eigenvalue weighted by Gasteiger charge is -2.12. The minimum Gasteiger partial charge on any atom is -0.294 e. The Labute approximate surface area is 207 Å². The molecule has 2 amide bonds. The predicted molar refractivity (Wildman–Crippen MR) is 132 cm³/mol. The first-order chi connectivity index (χ1) is 16.1. The van der Waals surface area contributed by atoms with E-state index in [1.54, 1.807) is 41.2 Å². The normalized spacial score (nSPS) is 14.1. The van der Waals surface area contributed by atoms with Crippen molar-refractivity contribution >= 4 is 46.3 Å². The number of aryl methyl sites for hydroxylation is 1. The molecule has 0 saturated carbocycles. The van der Waals surface area contributed by atoms with Gasteiger partial charge in [-0.1, -0.05) is 44.0 Å². The van der Waals surface area contributed by atoms with E-state index in [-0.39, 0.29) is 29.3 Å². The molecule has 0 fully saturated rings. The molecular weight excluding hydrogens is 475 g/mol. The second-order valence-electron chi connectivity index (χ2n) is 8.57. The fourth-order valence-corrected chi connectivity index (χ4v) is 4.40. The molecule has 176 valence electrons. The van der Waals surface area contributed by atoms with E-state index in [0.29, 0.717) is 27.8 Å². The number of aromatic amines is 1. The number of nitrogens with one attached hydrogen (secondary N) is 1. The second kappa shape index (κ2) is 9.24. The number of aromatic nitrogens is 3. The van der Waals surface area contributed by atoms with Gasteiger partial charge in [-0.3, -0.25) is 24.4 Å². The molecule has 9 heteroatoms. The quantitative estimate of drug-likeness (QED) is 0.404. The summed E-state index contributed by atoms with van der Waals surface area (Å²) in [5.41, 5.74) is 1.94. The number of amides is 2. The van der Waals surface area contributed by atoms with Crippen molar-refractivity contribution in [1.29, 1.82) is 0 Å². The molecule has 4 rings (SSSR count). The first kappa shape index (κ1) is 24.0. The molecule has 0 spiro atoms. The fourth-order valence-electron chi connectivity index (χ4n) is 4.11. The summed E-state index contributed by atoms with van der Waals surface area (Å²) in [4.78, 5) is 42.0. The minimum atomic E-state index is -0.477. The van der Waals surface area contributed by atoms with Gasteiger partial charge in [0.15, 0.2) is 12.4 Å². The van der Waals surface area contributed by atoms with E-state index >= 15 is 0 Å². The van der Waals surface area contributed by atoms with E-state index in [2.05, 4.69) is 5.10 Å². The molecule has 34 heavy (non-hydrogen) atoms. The number of hydrogen-bond donors (Lipinski definition) is 1. The maximum absolute atomic E-state index is 13.8. The number of rotatable bonds is 6. The summed E-state index contributed by atoms with van der Waals surface area (Å²) >= 11 is 12.2. The van der Waals surface area contributed by atoms with Gasteiger partial charge in [-0.2, -0.15) is 4.57 Å². The molecule has 2 aromatic heterocycles. The number of pyridine rings is 1. The number of carbonyl (C=O) groups excluding carboxylic acids is 2. The molecule has 0 bridgehead atoms. The maximum Gasteiger partial charge on any atom is 0.326 e. The van der Waals surface area contributed by atoms with Crippen LogP contribution in [0.1, 0.15) is 49.9 Å². The molecule has 3 heterocycles. The number of benzene rings is 1. The number of hydrogen-bond acceptors (Lipinski definition) is 3. The van der Waals surface area contributed by atoms with Crippen molar-refractivity contribution in [2.24, 2.45) is 0 Å². The Morgan fingerprint density at radius 3 is 2.41 bits per heavy atom. The SMILES string of the molecule is CCCN1C(=O)C(c2c(C(C)C)[nH]n(-c3ccc(Cl)c(Cl)c3)c2=O)=C([n+]2cccc(C)c2)C1=O. The van der Waals surface area contributed by atoms with Gasteiger partial charge in [0, 0.05) is 23.9 Å². The van der Waals surface area contributed by atoms with Gasteiger partial charge in [0.2, 0.25) is 0 Å². The molecule has 0 saturated heterocycles. The molecule has 1 aliphatic heterocycles. The molecule has 0 radical (unpaired) electrons. The lowest BCUT2D eigenvalue weighted by Crippen LogP contribution is -2.40. The molecule has 1 N–H and O–H groups in total. The van der Waals surface area contributed by atoms with Crippen LogP contribution in [0, 0.1) is 6.92 Å². The standard InChI is InChI=1S/C25H24Cl2N4O3/c1-5-10-30-23(32)20(22(25(30)34)29-11-6-7-15(4)13-29)19-21(14(2)3)28-31(24(19)33)16-8-9-17(26)18(27)12-16/h6-9,11-14H,5,10H2,1-4H3/p+1. The summed E-state index contributed by atoms with van der Waals surface area (Å²) in [6, 6.07) is 8.53. The van der Waals surface area contributed by atoms with Crippen LogP contribution in [0.3, 0.4) is 0 Å². The number of halogens is 2. The van der Waals surface area contributed by atoms with Gasteiger partial charge in [0.25, 0.3) is 17.2 Å². The highest BCUT2D eigenvalue weighted by Gasteiger charge is 2.47. The summed E-state index contributed by atoms with van der Waals surface area (Å²) in [7, 11) is 0. The predicted octanol–water partition coefficient (Wildman–Crippen LogP) is 4.34. The molecule has 3 aromatic rings. The van der Waals surface area contributed by atoms with Crippen LogP contribution >= 0.6 is 23.2 Å². The Hall–Kier alpha value is -3.16. The van der Waals surface area contributed by atoms with Crippen LogP contribution < -0.4 is 10.1 Å². The van der Waals surface area contributed by atoms with Gasteiger partial charge in [0.05, 0.1) is 21.3 Å². The van der Waals surface area contributed by atoms with E-state index in [0.717, 1.165) is 5.56 Å². The average Bonchev–Trinajstić information content (AvgIpc) is 3.25. The molecule has 1 aliphatic rings. The third-order valence-corrected chi connectivity index (χ3v) is 6.44. The Bertz CT molecular complexity index is 1400. The highest BCUT2D eigenvalue weighted by molar-refractivity contribution is 6.44. The van der Waals surface area contributed by atoms with Crippen LogP contribution in [0.15, 0.2) is 47.5 Å². The fraction of sp³-hybridized carbons (Fsp3) is 0.280. The largest absolute Gasteiger partial charge is 0.326 e. The van der Waals surface area contributed by atoms with Crippen LogP contribution in [-0.2, 0) is 9.59 Å². The third-order valence-electron chi connectivity index (χ3n) is 5.70. The molecular formula is C25H25Cl2N4O3+. The van der Waals surface area contributed by atoms with Crippen molar-refractivity contribution in [3.63, 3.8) is 0 Å². The number of carbonyl (C=O) groups is 2. The number of H-pyrrole nitrogens is 1. The van der Waals surface area contributed by atoms with Gasteiger partial charge in [-0.15, -0.1) is 0 Å². The molecule has 1 aromatic carbocycles. The monoisotopic (exact) mass is 499 g/mol. The lowest BCUT2D eigenvalue weighted by atomic mass is 9.98. The minimum absolute atomic E-state index is 0.0952. The zero-order valence-corrected chi connectivity index (χ0v) is 20.9. The summed E-state index contributed by atoms with van der Waals surface area (Å²) in [6.07, 6.45) is 4.09.